The minimum atomic E-state index is -0.412. The van der Waals surface area contributed by atoms with Gasteiger partial charge in [-0.05, 0) is 37.5 Å². The van der Waals surface area contributed by atoms with Crippen molar-refractivity contribution in [2.45, 2.75) is 26.3 Å². The number of amides is 1. The molecule has 0 aliphatic carbocycles. The van der Waals surface area contributed by atoms with Crippen molar-refractivity contribution < 1.29 is 9.18 Å². The van der Waals surface area contributed by atoms with Crippen molar-refractivity contribution in [1.29, 1.82) is 0 Å². The van der Waals surface area contributed by atoms with Crippen molar-refractivity contribution in [2.75, 3.05) is 11.4 Å². The van der Waals surface area contributed by atoms with E-state index in [2.05, 4.69) is 5.10 Å². The maximum Gasteiger partial charge on any atom is 0.275 e. The van der Waals surface area contributed by atoms with Crippen molar-refractivity contribution in [3.63, 3.8) is 0 Å². The molecule has 0 radical (unpaired) electrons. The fraction of sp³-hybridized carbons (Fsp3) is 0.250. The number of halogens is 1. The zero-order chi connectivity index (χ0) is 18.3. The number of carbonyl (C=O) groups excluding carboxylic acids is 1. The molecule has 0 saturated heterocycles. The van der Waals surface area contributed by atoms with E-state index in [9.17, 15) is 14.0 Å². The maximum absolute atomic E-state index is 14.3. The summed E-state index contributed by atoms with van der Waals surface area (Å²) in [7, 11) is 0. The van der Waals surface area contributed by atoms with E-state index < -0.39 is 5.82 Å². The molecule has 1 aliphatic rings. The van der Waals surface area contributed by atoms with Gasteiger partial charge < -0.3 is 4.90 Å². The normalized spacial score (nSPS) is 13.7. The van der Waals surface area contributed by atoms with Gasteiger partial charge in [0, 0.05) is 11.9 Å². The predicted octanol–water partition coefficient (Wildman–Crippen LogP) is 2.82. The molecule has 0 fully saturated rings. The number of fused-ring (bicyclic) bond motifs is 2. The van der Waals surface area contributed by atoms with Crippen LogP contribution in [0.4, 0.5) is 10.1 Å². The Morgan fingerprint density at radius 1 is 1.15 bits per heavy atom. The second kappa shape index (κ2) is 6.37. The smallest absolute Gasteiger partial charge is 0.275 e. The van der Waals surface area contributed by atoms with Gasteiger partial charge in [-0.3, -0.25) is 9.59 Å². The average Bonchev–Trinajstić information content (AvgIpc) is 2.65. The largest absolute Gasteiger partial charge is 0.308 e. The van der Waals surface area contributed by atoms with Crippen LogP contribution in [0.1, 0.15) is 17.7 Å². The second-order valence-corrected chi connectivity index (χ2v) is 6.49. The van der Waals surface area contributed by atoms with Crippen LogP contribution in [0.2, 0.25) is 0 Å². The van der Waals surface area contributed by atoms with Gasteiger partial charge in [0.1, 0.15) is 12.4 Å². The van der Waals surface area contributed by atoms with Crippen LogP contribution in [0.15, 0.2) is 47.3 Å². The summed E-state index contributed by atoms with van der Waals surface area (Å²) in [5.74, 6) is -0.745. The lowest BCUT2D eigenvalue weighted by Crippen LogP contribution is -2.41. The molecule has 1 aromatic heterocycles. The van der Waals surface area contributed by atoms with Gasteiger partial charge in [0.15, 0.2) is 0 Å². The van der Waals surface area contributed by atoms with E-state index >= 15 is 0 Å². The van der Waals surface area contributed by atoms with E-state index in [0.717, 1.165) is 23.8 Å². The molecule has 0 unspecified atom stereocenters. The fourth-order valence-corrected chi connectivity index (χ4v) is 3.58. The van der Waals surface area contributed by atoms with Crippen molar-refractivity contribution in [3.8, 4) is 0 Å². The molecule has 3 aromatic rings. The number of aromatic nitrogens is 2. The standard InChI is InChI=1S/C20H18FN3O2/c1-13-15-8-2-3-9-16(15)20(26)24(22-13)12-18(25)23-11-5-7-14-6-4-10-17(21)19(14)23/h2-4,6,8-10H,5,7,11-12H2,1H3. The van der Waals surface area contributed by atoms with Crippen molar-refractivity contribution in [1.82, 2.24) is 9.78 Å². The summed E-state index contributed by atoms with van der Waals surface area (Å²) in [6, 6.07) is 12.0. The van der Waals surface area contributed by atoms with Gasteiger partial charge in [0.25, 0.3) is 5.56 Å². The Balaban J connectivity index is 1.72. The van der Waals surface area contributed by atoms with E-state index in [1.54, 1.807) is 25.1 Å². The highest BCUT2D eigenvalue weighted by atomic mass is 19.1. The SMILES string of the molecule is Cc1nn(CC(=O)N2CCCc3cccc(F)c32)c(=O)c2ccccc12. The Labute approximate surface area is 149 Å². The minimum absolute atomic E-state index is 0.210. The van der Waals surface area contributed by atoms with E-state index in [1.807, 2.05) is 18.2 Å². The Morgan fingerprint density at radius 2 is 1.92 bits per heavy atom. The van der Waals surface area contributed by atoms with E-state index in [0.29, 0.717) is 23.3 Å². The number of anilines is 1. The van der Waals surface area contributed by atoms with Crippen LogP contribution in [-0.4, -0.2) is 22.2 Å². The molecular formula is C20H18FN3O2. The summed E-state index contributed by atoms with van der Waals surface area (Å²) >= 11 is 0. The molecule has 0 N–H and O–H groups in total. The van der Waals surface area contributed by atoms with Crippen LogP contribution in [0.3, 0.4) is 0 Å². The van der Waals surface area contributed by atoms with Gasteiger partial charge in [-0.15, -0.1) is 0 Å². The highest BCUT2D eigenvalue weighted by Gasteiger charge is 2.26. The van der Waals surface area contributed by atoms with Crippen molar-refractivity contribution >= 4 is 22.4 Å². The lowest BCUT2D eigenvalue weighted by molar-refractivity contribution is -0.119. The number of hydrogen-bond acceptors (Lipinski definition) is 3. The first-order valence-corrected chi connectivity index (χ1v) is 8.60. The average molecular weight is 351 g/mol. The Bertz CT molecular complexity index is 1070. The molecule has 132 valence electrons. The number of nitrogens with zero attached hydrogens (tertiary/aromatic N) is 3. The monoisotopic (exact) mass is 351 g/mol. The molecule has 0 bridgehead atoms. The van der Waals surface area contributed by atoms with Crippen LogP contribution in [0.25, 0.3) is 10.8 Å². The molecule has 2 aromatic carbocycles. The number of hydrogen-bond donors (Lipinski definition) is 0. The molecule has 1 amide bonds. The van der Waals surface area contributed by atoms with E-state index in [1.165, 1.54) is 15.6 Å². The summed E-state index contributed by atoms with van der Waals surface area (Å²) in [6.07, 6.45) is 1.51. The third-order valence-corrected chi connectivity index (χ3v) is 4.81. The molecule has 5 nitrogen and oxygen atoms in total. The number of carbonyl (C=O) groups is 1. The van der Waals surface area contributed by atoms with Gasteiger partial charge in [-0.2, -0.15) is 5.10 Å². The van der Waals surface area contributed by atoms with Gasteiger partial charge >= 0.3 is 0 Å². The van der Waals surface area contributed by atoms with Crippen molar-refractivity contribution in [2.24, 2.45) is 0 Å². The van der Waals surface area contributed by atoms with Gasteiger partial charge in [0.2, 0.25) is 5.91 Å². The summed E-state index contributed by atoms with van der Waals surface area (Å²) < 4.78 is 15.5. The van der Waals surface area contributed by atoms with E-state index in [4.69, 9.17) is 0 Å². The van der Waals surface area contributed by atoms with Gasteiger partial charge in [-0.25, -0.2) is 9.07 Å². The third kappa shape index (κ3) is 2.67. The molecule has 0 saturated carbocycles. The van der Waals surface area contributed by atoms with E-state index in [-0.39, 0.29) is 18.0 Å². The predicted molar refractivity (Wildman–Crippen MR) is 97.8 cm³/mol. The summed E-state index contributed by atoms with van der Waals surface area (Å²) in [6.45, 7) is 2.03. The first-order valence-electron chi connectivity index (χ1n) is 8.60. The molecule has 0 spiro atoms. The first kappa shape index (κ1) is 16.4. The summed E-state index contributed by atoms with van der Waals surface area (Å²) in [5.41, 5.74) is 1.51. The Hall–Kier alpha value is -3.02. The van der Waals surface area contributed by atoms with Gasteiger partial charge in [0.05, 0.1) is 16.8 Å². The number of rotatable bonds is 2. The third-order valence-electron chi connectivity index (χ3n) is 4.81. The highest BCUT2D eigenvalue weighted by molar-refractivity contribution is 5.94. The highest BCUT2D eigenvalue weighted by Crippen LogP contribution is 2.30. The Kier molecular flexibility index (Phi) is 4.03. The number of para-hydroxylation sites is 1. The number of benzene rings is 2. The lowest BCUT2D eigenvalue weighted by atomic mass is 10.0. The fourth-order valence-electron chi connectivity index (χ4n) is 3.58. The molecule has 4 rings (SSSR count). The van der Waals surface area contributed by atoms with Crippen molar-refractivity contribution in [3.05, 3.63) is 69.9 Å². The molecule has 6 heteroatoms. The topological polar surface area (TPSA) is 55.2 Å². The molecule has 1 aliphatic heterocycles. The Morgan fingerprint density at radius 3 is 2.73 bits per heavy atom. The second-order valence-electron chi connectivity index (χ2n) is 6.49. The zero-order valence-electron chi connectivity index (χ0n) is 14.4. The molecular weight excluding hydrogens is 333 g/mol. The lowest BCUT2D eigenvalue weighted by Gasteiger charge is -2.29. The maximum atomic E-state index is 14.3. The van der Waals surface area contributed by atoms with Crippen LogP contribution in [0.5, 0.6) is 0 Å². The first-order chi connectivity index (χ1) is 12.6. The van der Waals surface area contributed by atoms with Crippen LogP contribution in [0, 0.1) is 12.7 Å². The van der Waals surface area contributed by atoms with Crippen LogP contribution >= 0.6 is 0 Å². The molecule has 26 heavy (non-hydrogen) atoms. The zero-order valence-corrected chi connectivity index (χ0v) is 14.4. The number of aryl methyl sites for hydroxylation is 2. The van der Waals surface area contributed by atoms with Crippen LogP contribution < -0.4 is 10.5 Å². The quantitative estimate of drug-likeness (QED) is 0.713. The minimum Gasteiger partial charge on any atom is -0.308 e. The molecule has 2 heterocycles. The van der Waals surface area contributed by atoms with Crippen LogP contribution in [-0.2, 0) is 17.8 Å². The van der Waals surface area contributed by atoms with Gasteiger partial charge in [-0.1, -0.05) is 30.3 Å². The molecule has 0 atom stereocenters. The summed E-state index contributed by atoms with van der Waals surface area (Å²) in [4.78, 5) is 26.9. The summed E-state index contributed by atoms with van der Waals surface area (Å²) in [5, 5.41) is 5.58.